The quantitative estimate of drug-likeness (QED) is 0.803. The van der Waals surface area contributed by atoms with Crippen molar-refractivity contribution >= 4 is 6.29 Å². The maximum Gasteiger partial charge on any atom is 0.128 e. The molecule has 1 aliphatic rings. The van der Waals surface area contributed by atoms with Gasteiger partial charge in [-0.05, 0) is 42.0 Å². The predicted molar refractivity (Wildman–Crippen MR) is 87.1 cm³/mol. The maximum absolute atomic E-state index is 11.4. The van der Waals surface area contributed by atoms with Crippen molar-refractivity contribution in [2.75, 3.05) is 7.11 Å². The lowest BCUT2D eigenvalue weighted by molar-refractivity contribution is -0.109. The fraction of sp³-hybridized carbons (Fsp3) is 0.368. The minimum atomic E-state index is -0.0435. The maximum atomic E-state index is 11.4. The SMILES string of the molecule is COc1ccccc1-c1ccc2c(n1)CC(C)(C)CC2C=O. The second-order valence-corrected chi connectivity index (χ2v) is 6.72. The Morgan fingerprint density at radius 3 is 2.73 bits per heavy atom. The van der Waals surface area contributed by atoms with Crippen LogP contribution in [0.5, 0.6) is 5.75 Å². The highest BCUT2D eigenvalue weighted by Crippen LogP contribution is 2.41. The zero-order valence-corrected chi connectivity index (χ0v) is 13.3. The van der Waals surface area contributed by atoms with Gasteiger partial charge in [0.2, 0.25) is 0 Å². The number of hydrogen-bond donors (Lipinski definition) is 0. The van der Waals surface area contributed by atoms with Crippen LogP contribution < -0.4 is 4.74 Å². The van der Waals surface area contributed by atoms with Gasteiger partial charge in [0, 0.05) is 17.2 Å². The van der Waals surface area contributed by atoms with E-state index in [0.717, 1.165) is 47.4 Å². The molecular formula is C19H21NO2. The van der Waals surface area contributed by atoms with Crippen LogP contribution in [-0.2, 0) is 11.2 Å². The summed E-state index contributed by atoms with van der Waals surface area (Å²) in [4.78, 5) is 16.3. The minimum Gasteiger partial charge on any atom is -0.496 e. The summed E-state index contributed by atoms with van der Waals surface area (Å²) in [5.41, 5.74) is 4.10. The molecule has 0 radical (unpaired) electrons. The molecule has 1 aliphatic carbocycles. The normalized spacial score (nSPS) is 19.3. The van der Waals surface area contributed by atoms with Crippen molar-refractivity contribution in [3.05, 3.63) is 47.7 Å². The van der Waals surface area contributed by atoms with Crippen molar-refractivity contribution in [1.82, 2.24) is 4.98 Å². The molecule has 0 fully saturated rings. The first-order valence-electron chi connectivity index (χ1n) is 7.62. The molecule has 3 heteroatoms. The second kappa shape index (κ2) is 5.56. The van der Waals surface area contributed by atoms with Crippen molar-refractivity contribution in [3.63, 3.8) is 0 Å². The summed E-state index contributed by atoms with van der Waals surface area (Å²) in [6.07, 6.45) is 2.85. The number of hydrogen-bond acceptors (Lipinski definition) is 3. The van der Waals surface area contributed by atoms with Gasteiger partial charge in [0.15, 0.2) is 0 Å². The molecule has 2 aromatic rings. The lowest BCUT2D eigenvalue weighted by Crippen LogP contribution is -2.27. The van der Waals surface area contributed by atoms with Crippen LogP contribution in [0, 0.1) is 5.41 Å². The molecule has 0 amide bonds. The third-order valence-electron chi connectivity index (χ3n) is 4.37. The van der Waals surface area contributed by atoms with Gasteiger partial charge in [-0.15, -0.1) is 0 Å². The van der Waals surface area contributed by atoms with E-state index in [1.165, 1.54) is 0 Å². The van der Waals surface area contributed by atoms with Gasteiger partial charge in [-0.1, -0.05) is 32.0 Å². The fourth-order valence-electron chi connectivity index (χ4n) is 3.35. The molecule has 0 N–H and O–H groups in total. The summed E-state index contributed by atoms with van der Waals surface area (Å²) in [6.45, 7) is 4.40. The molecule has 1 aromatic carbocycles. The van der Waals surface area contributed by atoms with Crippen molar-refractivity contribution in [2.45, 2.75) is 32.6 Å². The molecule has 0 bridgehead atoms. The number of methoxy groups -OCH3 is 1. The van der Waals surface area contributed by atoms with E-state index in [1.807, 2.05) is 30.3 Å². The fourth-order valence-corrected chi connectivity index (χ4v) is 3.35. The Hall–Kier alpha value is -2.16. The second-order valence-electron chi connectivity index (χ2n) is 6.72. The largest absolute Gasteiger partial charge is 0.496 e. The van der Waals surface area contributed by atoms with E-state index in [9.17, 15) is 4.79 Å². The Bertz CT molecular complexity index is 706. The number of nitrogens with zero attached hydrogens (tertiary/aromatic N) is 1. The van der Waals surface area contributed by atoms with Gasteiger partial charge in [0.1, 0.15) is 12.0 Å². The lowest BCUT2D eigenvalue weighted by atomic mass is 9.71. The highest BCUT2D eigenvalue weighted by Gasteiger charge is 2.33. The molecule has 114 valence electrons. The van der Waals surface area contributed by atoms with E-state index in [1.54, 1.807) is 7.11 Å². The number of benzene rings is 1. The Morgan fingerprint density at radius 1 is 1.23 bits per heavy atom. The van der Waals surface area contributed by atoms with Crippen LogP contribution in [0.15, 0.2) is 36.4 Å². The molecule has 1 atom stereocenters. The Kier molecular flexibility index (Phi) is 3.73. The number of ether oxygens (including phenoxy) is 1. The van der Waals surface area contributed by atoms with Gasteiger partial charge < -0.3 is 9.53 Å². The number of aromatic nitrogens is 1. The zero-order valence-electron chi connectivity index (χ0n) is 13.3. The van der Waals surface area contributed by atoms with Crippen molar-refractivity contribution < 1.29 is 9.53 Å². The molecule has 1 aromatic heterocycles. The standard InChI is InChI=1S/C19H21NO2/c1-19(2)10-13(12-21)14-8-9-16(20-17(14)11-19)15-6-4-5-7-18(15)22-3/h4-9,12-13H,10-11H2,1-3H3. The third kappa shape index (κ3) is 2.63. The summed E-state index contributed by atoms with van der Waals surface area (Å²) in [6, 6.07) is 11.9. The van der Waals surface area contributed by atoms with Crippen molar-refractivity contribution in [1.29, 1.82) is 0 Å². The third-order valence-corrected chi connectivity index (χ3v) is 4.37. The molecule has 3 rings (SSSR count). The van der Waals surface area contributed by atoms with Crippen LogP contribution in [0.4, 0.5) is 0 Å². The van der Waals surface area contributed by atoms with Crippen molar-refractivity contribution in [2.24, 2.45) is 5.41 Å². The van der Waals surface area contributed by atoms with Crippen LogP contribution in [-0.4, -0.2) is 18.4 Å². The first kappa shape index (κ1) is 14.8. The molecular weight excluding hydrogens is 274 g/mol. The summed E-state index contributed by atoms with van der Waals surface area (Å²) in [7, 11) is 1.67. The van der Waals surface area contributed by atoms with E-state index >= 15 is 0 Å². The lowest BCUT2D eigenvalue weighted by Gasteiger charge is -2.34. The number of carbonyl (C=O) groups excluding carboxylic acids is 1. The number of para-hydroxylation sites is 1. The number of carbonyl (C=O) groups is 1. The number of fused-ring (bicyclic) bond motifs is 1. The Labute approximate surface area is 131 Å². The van der Waals surface area contributed by atoms with E-state index in [-0.39, 0.29) is 11.3 Å². The van der Waals surface area contributed by atoms with Crippen LogP contribution >= 0.6 is 0 Å². The zero-order chi connectivity index (χ0) is 15.7. The van der Waals surface area contributed by atoms with Gasteiger partial charge in [-0.2, -0.15) is 0 Å². The van der Waals surface area contributed by atoms with E-state index < -0.39 is 0 Å². The summed E-state index contributed by atoms with van der Waals surface area (Å²) >= 11 is 0. The smallest absolute Gasteiger partial charge is 0.128 e. The highest BCUT2D eigenvalue weighted by atomic mass is 16.5. The molecule has 1 unspecified atom stereocenters. The van der Waals surface area contributed by atoms with Gasteiger partial charge in [-0.25, -0.2) is 0 Å². The van der Waals surface area contributed by atoms with Gasteiger partial charge >= 0.3 is 0 Å². The molecule has 0 aliphatic heterocycles. The molecule has 0 spiro atoms. The molecule has 0 saturated carbocycles. The number of rotatable bonds is 3. The van der Waals surface area contributed by atoms with Crippen LogP contribution in [0.2, 0.25) is 0 Å². The average Bonchev–Trinajstić information content (AvgIpc) is 2.52. The van der Waals surface area contributed by atoms with E-state index in [2.05, 4.69) is 19.9 Å². The summed E-state index contributed by atoms with van der Waals surface area (Å²) in [5.74, 6) is 0.773. The molecule has 1 heterocycles. The highest BCUT2D eigenvalue weighted by molar-refractivity contribution is 5.69. The molecule has 22 heavy (non-hydrogen) atoms. The first-order valence-corrected chi connectivity index (χ1v) is 7.62. The van der Waals surface area contributed by atoms with E-state index in [4.69, 9.17) is 9.72 Å². The van der Waals surface area contributed by atoms with Crippen molar-refractivity contribution in [3.8, 4) is 17.0 Å². The monoisotopic (exact) mass is 295 g/mol. The molecule has 0 saturated heterocycles. The van der Waals surface area contributed by atoms with Gasteiger partial charge in [-0.3, -0.25) is 4.98 Å². The minimum absolute atomic E-state index is 0.0435. The van der Waals surface area contributed by atoms with Crippen LogP contribution in [0.3, 0.4) is 0 Å². The predicted octanol–water partition coefficient (Wildman–Crippen LogP) is 4.01. The Morgan fingerprint density at radius 2 is 2.00 bits per heavy atom. The average molecular weight is 295 g/mol. The van der Waals surface area contributed by atoms with Crippen LogP contribution in [0.1, 0.15) is 37.4 Å². The number of pyridine rings is 1. The summed E-state index contributed by atoms with van der Waals surface area (Å²) < 4.78 is 5.43. The van der Waals surface area contributed by atoms with Gasteiger partial charge in [0.05, 0.1) is 12.8 Å². The van der Waals surface area contributed by atoms with Crippen LogP contribution in [0.25, 0.3) is 11.3 Å². The van der Waals surface area contributed by atoms with Gasteiger partial charge in [0.25, 0.3) is 0 Å². The first-order chi connectivity index (χ1) is 10.5. The topological polar surface area (TPSA) is 39.2 Å². The van der Waals surface area contributed by atoms with E-state index in [0.29, 0.717) is 0 Å². The Balaban J connectivity index is 2.09. The number of aldehydes is 1. The molecule has 3 nitrogen and oxygen atoms in total. The summed E-state index contributed by atoms with van der Waals surface area (Å²) in [5, 5.41) is 0.